The van der Waals surface area contributed by atoms with Crippen LogP contribution in [0.25, 0.3) is 5.69 Å². The Morgan fingerprint density at radius 2 is 1.94 bits per heavy atom. The maximum atomic E-state index is 13.3. The number of nitrogens with one attached hydrogen (secondary N) is 2. The van der Waals surface area contributed by atoms with E-state index in [2.05, 4.69) is 20.6 Å². The minimum atomic E-state index is -0.303. The first-order valence-corrected chi connectivity index (χ1v) is 10.2. The van der Waals surface area contributed by atoms with Gasteiger partial charge in [-0.1, -0.05) is 30.3 Å². The van der Waals surface area contributed by atoms with Crippen LogP contribution < -0.4 is 21.9 Å². The molecule has 0 radical (unpaired) electrons. The number of carbonyl (C=O) groups is 1. The van der Waals surface area contributed by atoms with Gasteiger partial charge in [0.2, 0.25) is 5.91 Å². The molecule has 0 fully saturated rings. The zero-order valence-electron chi connectivity index (χ0n) is 18.3. The second-order valence-corrected chi connectivity index (χ2v) is 7.67. The topological polar surface area (TPSA) is 115 Å². The van der Waals surface area contributed by atoms with E-state index in [0.717, 1.165) is 12.0 Å². The molecule has 2 heterocycles. The lowest BCUT2D eigenvalue weighted by molar-refractivity contribution is -0.119. The average Bonchev–Trinajstić information content (AvgIpc) is 2.71. The summed E-state index contributed by atoms with van der Waals surface area (Å²) >= 11 is 0. The first-order valence-electron chi connectivity index (χ1n) is 10.2. The van der Waals surface area contributed by atoms with Crippen LogP contribution in [0.5, 0.6) is 0 Å². The zero-order valence-corrected chi connectivity index (χ0v) is 18.3. The van der Waals surface area contributed by atoms with Gasteiger partial charge in [-0.3, -0.25) is 14.2 Å². The summed E-state index contributed by atoms with van der Waals surface area (Å²) in [5, 5.41) is 5.98. The number of anilines is 2. The molecule has 4 N–H and O–H groups in total. The van der Waals surface area contributed by atoms with Gasteiger partial charge in [0.1, 0.15) is 5.82 Å². The van der Waals surface area contributed by atoms with E-state index >= 15 is 0 Å². The van der Waals surface area contributed by atoms with Crippen molar-refractivity contribution in [2.45, 2.75) is 46.7 Å². The molecule has 0 saturated carbocycles. The predicted octanol–water partition coefficient (Wildman–Crippen LogP) is 2.51. The van der Waals surface area contributed by atoms with Gasteiger partial charge >= 0.3 is 0 Å². The third-order valence-electron chi connectivity index (χ3n) is 5.00. The quantitative estimate of drug-likeness (QED) is 0.541. The molecule has 3 aromatic rings. The Morgan fingerprint density at radius 1 is 1.23 bits per heavy atom. The molecular formula is C23H28N6O2. The van der Waals surface area contributed by atoms with Crippen LogP contribution in [0.1, 0.15) is 36.4 Å². The van der Waals surface area contributed by atoms with Crippen LogP contribution in [0.4, 0.5) is 11.6 Å². The van der Waals surface area contributed by atoms with Crippen molar-refractivity contribution >= 4 is 17.5 Å². The molecule has 8 heteroatoms. The number of aromatic nitrogens is 3. The Morgan fingerprint density at radius 3 is 2.61 bits per heavy atom. The second-order valence-electron chi connectivity index (χ2n) is 7.67. The first-order chi connectivity index (χ1) is 14.8. The van der Waals surface area contributed by atoms with E-state index in [-0.39, 0.29) is 29.1 Å². The molecule has 1 unspecified atom stereocenters. The van der Waals surface area contributed by atoms with Gasteiger partial charge in [0.05, 0.1) is 5.69 Å². The first kappa shape index (κ1) is 22.0. The van der Waals surface area contributed by atoms with Gasteiger partial charge in [-0.05, 0) is 44.4 Å². The number of nitrogens with zero attached hydrogens (tertiary/aromatic N) is 3. The van der Waals surface area contributed by atoms with Crippen LogP contribution in [0.2, 0.25) is 0 Å². The SMILES string of the molecule is CC(=O)NCc1cc(-n2c(C)cnc(NC(C)Cc3ccccc3)c2=O)c(N)nc1C. The molecule has 1 amide bonds. The van der Waals surface area contributed by atoms with Crippen LogP contribution in [0.15, 0.2) is 47.4 Å². The van der Waals surface area contributed by atoms with E-state index in [1.54, 1.807) is 19.2 Å². The summed E-state index contributed by atoms with van der Waals surface area (Å²) in [4.78, 5) is 33.3. The van der Waals surface area contributed by atoms with E-state index in [0.29, 0.717) is 23.6 Å². The molecule has 1 atom stereocenters. The number of pyridine rings is 1. The number of hydrogen-bond donors (Lipinski definition) is 3. The molecule has 0 aliphatic rings. The van der Waals surface area contributed by atoms with Crippen molar-refractivity contribution < 1.29 is 4.79 Å². The second kappa shape index (κ2) is 9.42. The van der Waals surface area contributed by atoms with Crippen LogP contribution in [-0.2, 0) is 17.8 Å². The van der Waals surface area contributed by atoms with Crippen LogP contribution in [0.3, 0.4) is 0 Å². The molecule has 162 valence electrons. The number of carbonyl (C=O) groups excluding carboxylic acids is 1. The monoisotopic (exact) mass is 420 g/mol. The maximum absolute atomic E-state index is 13.3. The number of nitrogens with two attached hydrogens (primary N) is 1. The van der Waals surface area contributed by atoms with Crippen molar-refractivity contribution in [3.8, 4) is 5.69 Å². The number of nitrogen functional groups attached to an aromatic ring is 1. The lowest BCUT2D eigenvalue weighted by atomic mass is 10.1. The molecule has 0 saturated heterocycles. The number of aryl methyl sites for hydroxylation is 2. The lowest BCUT2D eigenvalue weighted by Gasteiger charge is -2.18. The van der Waals surface area contributed by atoms with E-state index in [1.165, 1.54) is 17.1 Å². The molecule has 0 aliphatic heterocycles. The van der Waals surface area contributed by atoms with Gasteiger partial charge < -0.3 is 16.4 Å². The normalized spacial score (nSPS) is 11.7. The molecule has 1 aromatic carbocycles. The van der Waals surface area contributed by atoms with Gasteiger partial charge in [-0.25, -0.2) is 9.97 Å². The van der Waals surface area contributed by atoms with Crippen molar-refractivity contribution in [3.63, 3.8) is 0 Å². The van der Waals surface area contributed by atoms with Crippen molar-refractivity contribution in [3.05, 3.63) is 75.5 Å². The van der Waals surface area contributed by atoms with Gasteiger partial charge in [-0.15, -0.1) is 0 Å². The molecule has 3 rings (SSSR count). The molecule has 0 aliphatic carbocycles. The summed E-state index contributed by atoms with van der Waals surface area (Å²) < 4.78 is 1.50. The predicted molar refractivity (Wildman–Crippen MR) is 122 cm³/mol. The summed E-state index contributed by atoms with van der Waals surface area (Å²) in [6.45, 7) is 7.37. The fourth-order valence-corrected chi connectivity index (χ4v) is 3.42. The number of hydrogen-bond acceptors (Lipinski definition) is 6. The lowest BCUT2D eigenvalue weighted by Crippen LogP contribution is -2.30. The molecular weight excluding hydrogens is 392 g/mol. The summed E-state index contributed by atoms with van der Waals surface area (Å²) in [5.74, 6) is 0.343. The number of rotatable bonds is 7. The summed E-state index contributed by atoms with van der Waals surface area (Å²) in [7, 11) is 0. The highest BCUT2D eigenvalue weighted by Crippen LogP contribution is 2.20. The van der Waals surface area contributed by atoms with Crippen LogP contribution in [-0.4, -0.2) is 26.5 Å². The fourth-order valence-electron chi connectivity index (χ4n) is 3.42. The standard InChI is InChI=1S/C23H28N6O2/c1-14(10-18-8-6-5-7-9-18)27-22-23(31)29(15(2)12-26-22)20-11-19(13-25-17(4)30)16(3)28-21(20)24/h5-9,11-12,14H,10,13H2,1-4H3,(H2,24,28)(H,25,30)(H,26,27). The summed E-state index contributed by atoms with van der Waals surface area (Å²) in [6, 6.07) is 11.8. The number of amides is 1. The van der Waals surface area contributed by atoms with Gasteiger partial charge in [0.25, 0.3) is 5.56 Å². The van der Waals surface area contributed by atoms with Crippen molar-refractivity contribution in [1.82, 2.24) is 19.9 Å². The highest BCUT2D eigenvalue weighted by atomic mass is 16.1. The number of benzene rings is 1. The summed E-state index contributed by atoms with van der Waals surface area (Å²) in [6.07, 6.45) is 2.39. The highest BCUT2D eigenvalue weighted by Gasteiger charge is 2.16. The molecule has 8 nitrogen and oxygen atoms in total. The third kappa shape index (κ3) is 5.28. The summed E-state index contributed by atoms with van der Waals surface area (Å²) in [5.41, 5.74) is 9.62. The fraction of sp³-hybridized carbons (Fsp3) is 0.304. The van der Waals surface area contributed by atoms with Gasteiger partial charge in [0, 0.05) is 37.1 Å². The zero-order chi connectivity index (χ0) is 22.5. The van der Waals surface area contributed by atoms with Crippen molar-refractivity contribution in [1.29, 1.82) is 0 Å². The molecule has 0 spiro atoms. The minimum absolute atomic E-state index is 0.00238. The smallest absolute Gasteiger partial charge is 0.298 e. The van der Waals surface area contributed by atoms with E-state index in [1.807, 2.05) is 44.2 Å². The Bertz CT molecular complexity index is 1140. The van der Waals surface area contributed by atoms with Gasteiger partial charge in [0.15, 0.2) is 5.82 Å². The van der Waals surface area contributed by atoms with E-state index in [4.69, 9.17) is 5.73 Å². The van der Waals surface area contributed by atoms with E-state index in [9.17, 15) is 9.59 Å². The molecule has 0 bridgehead atoms. The third-order valence-corrected chi connectivity index (χ3v) is 5.00. The van der Waals surface area contributed by atoms with Crippen molar-refractivity contribution in [2.75, 3.05) is 11.1 Å². The van der Waals surface area contributed by atoms with Crippen LogP contribution in [0, 0.1) is 13.8 Å². The average molecular weight is 421 g/mol. The Kier molecular flexibility index (Phi) is 6.69. The van der Waals surface area contributed by atoms with Crippen LogP contribution >= 0.6 is 0 Å². The molecule has 31 heavy (non-hydrogen) atoms. The minimum Gasteiger partial charge on any atom is -0.382 e. The molecule has 2 aromatic heterocycles. The maximum Gasteiger partial charge on any atom is 0.298 e. The largest absolute Gasteiger partial charge is 0.382 e. The van der Waals surface area contributed by atoms with Crippen molar-refractivity contribution in [2.24, 2.45) is 0 Å². The highest BCUT2D eigenvalue weighted by molar-refractivity contribution is 5.73. The Labute approximate surface area is 181 Å². The Balaban J connectivity index is 1.94. The van der Waals surface area contributed by atoms with E-state index < -0.39 is 0 Å². The van der Waals surface area contributed by atoms with Gasteiger partial charge in [-0.2, -0.15) is 0 Å². The Hall–Kier alpha value is -3.68.